The van der Waals surface area contributed by atoms with Crippen molar-refractivity contribution in [2.24, 2.45) is 5.73 Å². The number of rotatable bonds is 4. The Labute approximate surface area is 116 Å². The van der Waals surface area contributed by atoms with Crippen LogP contribution in [0.25, 0.3) is 0 Å². The fraction of sp³-hybridized carbons (Fsp3) is 0.0667. The lowest BCUT2D eigenvalue weighted by molar-refractivity contribution is -0.117. The largest absolute Gasteiger partial charge is 0.478 e. The van der Waals surface area contributed by atoms with Crippen LogP contribution < -0.4 is 11.1 Å². The number of carboxylic acids is 1. The molecule has 5 nitrogen and oxygen atoms in total. The zero-order valence-corrected chi connectivity index (χ0v) is 10.6. The van der Waals surface area contributed by atoms with Gasteiger partial charge >= 0.3 is 5.97 Å². The number of carbonyl (C=O) groups is 2. The van der Waals surface area contributed by atoms with Crippen LogP contribution in [0.5, 0.6) is 0 Å². The number of hydrogen-bond acceptors (Lipinski definition) is 3. The van der Waals surface area contributed by atoms with E-state index >= 15 is 0 Å². The van der Waals surface area contributed by atoms with Crippen molar-refractivity contribution in [2.75, 3.05) is 5.32 Å². The number of nitrogens with two attached hydrogens (primary N) is 1. The summed E-state index contributed by atoms with van der Waals surface area (Å²) < 4.78 is 0. The monoisotopic (exact) mass is 270 g/mol. The van der Waals surface area contributed by atoms with Gasteiger partial charge in [0.2, 0.25) is 5.91 Å². The van der Waals surface area contributed by atoms with Gasteiger partial charge in [-0.1, -0.05) is 30.3 Å². The van der Waals surface area contributed by atoms with E-state index in [4.69, 9.17) is 10.8 Å². The van der Waals surface area contributed by atoms with Crippen LogP contribution in [0.15, 0.2) is 54.6 Å². The van der Waals surface area contributed by atoms with E-state index in [0.717, 1.165) is 0 Å². The highest BCUT2D eigenvalue weighted by Crippen LogP contribution is 2.14. The first-order valence-corrected chi connectivity index (χ1v) is 6.02. The van der Waals surface area contributed by atoms with Crippen LogP contribution >= 0.6 is 0 Å². The molecule has 0 spiro atoms. The summed E-state index contributed by atoms with van der Waals surface area (Å²) in [4.78, 5) is 22.7. The summed E-state index contributed by atoms with van der Waals surface area (Å²) in [5.74, 6) is -1.36. The van der Waals surface area contributed by atoms with E-state index in [2.05, 4.69) is 5.32 Å². The number of nitrogens with one attached hydrogen (secondary N) is 1. The van der Waals surface area contributed by atoms with E-state index < -0.39 is 12.0 Å². The molecule has 0 aliphatic carbocycles. The molecule has 2 aromatic rings. The molecule has 0 saturated carbocycles. The summed E-state index contributed by atoms with van der Waals surface area (Å²) in [5, 5.41) is 11.4. The minimum absolute atomic E-state index is 0.162. The highest BCUT2D eigenvalue weighted by Gasteiger charge is 2.15. The summed E-state index contributed by atoms with van der Waals surface area (Å²) in [6, 6.07) is 14.1. The smallest absolute Gasteiger partial charge is 0.335 e. The Morgan fingerprint density at radius 3 is 2.15 bits per heavy atom. The van der Waals surface area contributed by atoms with E-state index in [0.29, 0.717) is 11.3 Å². The van der Waals surface area contributed by atoms with Crippen molar-refractivity contribution in [3.8, 4) is 0 Å². The van der Waals surface area contributed by atoms with E-state index in [-0.39, 0.29) is 11.5 Å². The minimum Gasteiger partial charge on any atom is -0.478 e. The van der Waals surface area contributed by atoms with Crippen LogP contribution in [0, 0.1) is 0 Å². The summed E-state index contributed by atoms with van der Waals surface area (Å²) in [6.07, 6.45) is 0. The lowest BCUT2D eigenvalue weighted by atomic mass is 10.1. The maximum absolute atomic E-state index is 12.0. The van der Waals surface area contributed by atoms with Gasteiger partial charge in [-0.2, -0.15) is 0 Å². The van der Waals surface area contributed by atoms with Crippen molar-refractivity contribution in [3.63, 3.8) is 0 Å². The van der Waals surface area contributed by atoms with E-state index in [1.165, 1.54) is 24.3 Å². The number of carboxylic acid groups (broad SMARTS) is 1. The van der Waals surface area contributed by atoms with Crippen LogP contribution in [-0.2, 0) is 4.79 Å². The molecule has 0 aliphatic rings. The predicted octanol–water partition coefficient (Wildman–Crippen LogP) is 2.02. The van der Waals surface area contributed by atoms with Crippen LogP contribution in [-0.4, -0.2) is 17.0 Å². The molecule has 0 heterocycles. The van der Waals surface area contributed by atoms with Gasteiger partial charge in [-0.3, -0.25) is 4.79 Å². The van der Waals surface area contributed by atoms with Gasteiger partial charge < -0.3 is 16.2 Å². The molecule has 0 fully saturated rings. The molecule has 0 aromatic heterocycles. The van der Waals surface area contributed by atoms with Gasteiger partial charge in [0.25, 0.3) is 0 Å². The molecule has 0 saturated heterocycles. The van der Waals surface area contributed by atoms with Crippen molar-refractivity contribution >= 4 is 17.6 Å². The fourth-order valence-corrected chi connectivity index (χ4v) is 1.73. The standard InChI is InChI=1S/C15H14N2O3/c16-13(10-4-2-1-3-5-10)14(18)17-12-8-6-11(7-9-12)15(19)20/h1-9,13H,16H2,(H,17,18)(H,19,20)/t13-/m0/s1. The SMILES string of the molecule is N[C@H](C(=O)Nc1ccc(C(=O)O)cc1)c1ccccc1. The molecule has 0 aliphatic heterocycles. The Kier molecular flexibility index (Phi) is 4.12. The second kappa shape index (κ2) is 5.99. The molecular formula is C15H14N2O3. The third kappa shape index (κ3) is 3.21. The van der Waals surface area contributed by atoms with Crippen molar-refractivity contribution in [1.29, 1.82) is 0 Å². The second-order valence-corrected chi connectivity index (χ2v) is 4.26. The summed E-state index contributed by atoms with van der Waals surface area (Å²) >= 11 is 0. The molecule has 2 aromatic carbocycles. The Balaban J connectivity index is 2.06. The number of anilines is 1. The topological polar surface area (TPSA) is 92.4 Å². The van der Waals surface area contributed by atoms with Gasteiger partial charge in [-0.15, -0.1) is 0 Å². The minimum atomic E-state index is -1.01. The molecule has 1 amide bonds. The van der Waals surface area contributed by atoms with Crippen LogP contribution in [0.2, 0.25) is 0 Å². The first-order chi connectivity index (χ1) is 9.58. The number of aromatic carboxylic acids is 1. The predicted molar refractivity (Wildman–Crippen MR) is 75.4 cm³/mol. The molecule has 20 heavy (non-hydrogen) atoms. The van der Waals surface area contributed by atoms with Crippen molar-refractivity contribution in [2.45, 2.75) is 6.04 Å². The van der Waals surface area contributed by atoms with E-state index in [1.807, 2.05) is 18.2 Å². The first kappa shape index (κ1) is 13.8. The average molecular weight is 270 g/mol. The van der Waals surface area contributed by atoms with Crippen LogP contribution in [0.1, 0.15) is 22.0 Å². The zero-order chi connectivity index (χ0) is 14.5. The molecule has 0 unspecified atom stereocenters. The van der Waals surface area contributed by atoms with Crippen LogP contribution in [0.4, 0.5) is 5.69 Å². The molecular weight excluding hydrogens is 256 g/mol. The number of benzene rings is 2. The third-order valence-electron chi connectivity index (χ3n) is 2.84. The second-order valence-electron chi connectivity index (χ2n) is 4.26. The van der Waals surface area contributed by atoms with Crippen molar-refractivity contribution < 1.29 is 14.7 Å². The lowest BCUT2D eigenvalue weighted by Crippen LogP contribution is -2.27. The van der Waals surface area contributed by atoms with Gasteiger partial charge in [0, 0.05) is 5.69 Å². The number of amides is 1. The van der Waals surface area contributed by atoms with Gasteiger partial charge in [0.1, 0.15) is 6.04 Å². The average Bonchev–Trinajstić information content (AvgIpc) is 2.48. The Hall–Kier alpha value is -2.66. The van der Waals surface area contributed by atoms with E-state index in [9.17, 15) is 9.59 Å². The molecule has 0 bridgehead atoms. The highest BCUT2D eigenvalue weighted by atomic mass is 16.4. The molecule has 2 rings (SSSR count). The number of hydrogen-bond donors (Lipinski definition) is 3. The normalized spacial score (nSPS) is 11.7. The summed E-state index contributed by atoms with van der Waals surface area (Å²) in [5.41, 5.74) is 7.24. The fourth-order valence-electron chi connectivity index (χ4n) is 1.73. The molecule has 0 radical (unpaired) electrons. The zero-order valence-electron chi connectivity index (χ0n) is 10.6. The summed E-state index contributed by atoms with van der Waals surface area (Å²) in [7, 11) is 0. The Morgan fingerprint density at radius 2 is 1.60 bits per heavy atom. The van der Waals surface area contributed by atoms with Gasteiger partial charge in [-0.05, 0) is 29.8 Å². The quantitative estimate of drug-likeness (QED) is 0.792. The molecule has 1 atom stereocenters. The summed E-state index contributed by atoms with van der Waals surface area (Å²) in [6.45, 7) is 0. The van der Waals surface area contributed by atoms with Gasteiger partial charge in [0.15, 0.2) is 0 Å². The Bertz CT molecular complexity index is 609. The maximum Gasteiger partial charge on any atom is 0.335 e. The lowest BCUT2D eigenvalue weighted by Gasteiger charge is -2.12. The third-order valence-corrected chi connectivity index (χ3v) is 2.84. The molecule has 4 N–H and O–H groups in total. The van der Waals surface area contributed by atoms with Crippen molar-refractivity contribution in [1.82, 2.24) is 0 Å². The highest BCUT2D eigenvalue weighted by molar-refractivity contribution is 5.96. The van der Waals surface area contributed by atoms with Gasteiger partial charge in [0.05, 0.1) is 5.56 Å². The Morgan fingerprint density at radius 1 is 1.00 bits per heavy atom. The van der Waals surface area contributed by atoms with Crippen molar-refractivity contribution in [3.05, 3.63) is 65.7 Å². The molecule has 5 heteroatoms. The maximum atomic E-state index is 12.0. The van der Waals surface area contributed by atoms with Crippen LogP contribution in [0.3, 0.4) is 0 Å². The van der Waals surface area contributed by atoms with E-state index in [1.54, 1.807) is 12.1 Å². The number of carbonyl (C=O) groups excluding carboxylic acids is 1. The molecule has 102 valence electrons. The van der Waals surface area contributed by atoms with Gasteiger partial charge in [-0.25, -0.2) is 4.79 Å². The first-order valence-electron chi connectivity index (χ1n) is 6.02.